The van der Waals surface area contributed by atoms with Gasteiger partial charge in [0.15, 0.2) is 0 Å². The third-order valence-electron chi connectivity index (χ3n) is 5.33. The quantitative estimate of drug-likeness (QED) is 0.606. The highest BCUT2D eigenvalue weighted by Gasteiger charge is 2.53. The minimum atomic E-state index is 0.157. The van der Waals surface area contributed by atoms with Crippen LogP contribution < -0.4 is 4.74 Å². The molecule has 20 heavy (non-hydrogen) atoms. The molecule has 0 bridgehead atoms. The third kappa shape index (κ3) is 2.57. The number of halogens is 1. The van der Waals surface area contributed by atoms with Crippen LogP contribution in [0.5, 0.6) is 5.75 Å². The van der Waals surface area contributed by atoms with Crippen molar-refractivity contribution in [3.63, 3.8) is 0 Å². The van der Waals surface area contributed by atoms with Gasteiger partial charge in [-0.3, -0.25) is 0 Å². The molecule has 1 aliphatic rings. The maximum Gasteiger partial charge on any atom is 0.123 e. The Morgan fingerprint density at radius 3 is 2.45 bits per heavy atom. The first kappa shape index (κ1) is 15.7. The smallest absolute Gasteiger partial charge is 0.123 e. The molecule has 0 heterocycles. The number of benzene rings is 1. The van der Waals surface area contributed by atoms with E-state index in [1.54, 1.807) is 0 Å². The van der Waals surface area contributed by atoms with E-state index < -0.39 is 0 Å². The van der Waals surface area contributed by atoms with Gasteiger partial charge < -0.3 is 4.74 Å². The molecule has 1 nitrogen and oxygen atoms in total. The van der Waals surface area contributed by atoms with Gasteiger partial charge in [0.1, 0.15) is 11.9 Å². The van der Waals surface area contributed by atoms with Crippen LogP contribution in [0.15, 0.2) is 24.3 Å². The Kier molecular flexibility index (Phi) is 5.01. The lowest BCUT2D eigenvalue weighted by molar-refractivity contribution is -0.0468. The van der Waals surface area contributed by atoms with Crippen molar-refractivity contribution in [1.82, 2.24) is 0 Å². The van der Waals surface area contributed by atoms with Crippen molar-refractivity contribution in [2.45, 2.75) is 70.8 Å². The van der Waals surface area contributed by atoms with Crippen molar-refractivity contribution in [1.29, 1.82) is 0 Å². The largest absolute Gasteiger partial charge is 0.489 e. The summed E-state index contributed by atoms with van der Waals surface area (Å²) in [5.74, 6) is 1.59. The summed E-state index contributed by atoms with van der Waals surface area (Å²) in [7, 11) is 0. The maximum atomic E-state index is 6.48. The summed E-state index contributed by atoms with van der Waals surface area (Å²) in [4.78, 5) is 0. The van der Waals surface area contributed by atoms with Crippen molar-refractivity contribution < 1.29 is 4.74 Å². The average Bonchev–Trinajstić information content (AvgIpc) is 2.48. The molecule has 112 valence electrons. The summed E-state index contributed by atoms with van der Waals surface area (Å²) >= 11 is 6.48. The molecular formula is C18H27ClO. The zero-order valence-corrected chi connectivity index (χ0v) is 13.9. The van der Waals surface area contributed by atoms with Crippen LogP contribution in [0.3, 0.4) is 0 Å². The average molecular weight is 295 g/mol. The van der Waals surface area contributed by atoms with E-state index in [1.165, 1.54) is 5.56 Å². The molecule has 1 aromatic rings. The molecule has 3 unspecified atom stereocenters. The SMILES string of the molecule is CCC(C)c1ccccc1OC1CC(Cl)C1(CC)CC. The minimum absolute atomic E-state index is 0.157. The molecule has 0 aromatic heterocycles. The van der Waals surface area contributed by atoms with Crippen molar-refractivity contribution in [3.05, 3.63) is 29.8 Å². The molecule has 2 heteroatoms. The summed E-state index contributed by atoms with van der Waals surface area (Å²) < 4.78 is 6.39. The van der Waals surface area contributed by atoms with E-state index in [1.807, 2.05) is 0 Å². The molecule has 0 amide bonds. The Bertz CT molecular complexity index is 439. The summed E-state index contributed by atoms with van der Waals surface area (Å²) in [6.45, 7) is 8.95. The first-order chi connectivity index (χ1) is 9.58. The second-order valence-electron chi connectivity index (χ2n) is 6.10. The van der Waals surface area contributed by atoms with Gasteiger partial charge in [0.05, 0.1) is 0 Å². The topological polar surface area (TPSA) is 9.23 Å². The zero-order chi connectivity index (χ0) is 14.8. The molecule has 1 saturated carbocycles. The van der Waals surface area contributed by atoms with Crippen LogP contribution in [0.2, 0.25) is 0 Å². The van der Waals surface area contributed by atoms with Gasteiger partial charge in [-0.15, -0.1) is 11.6 Å². The molecule has 0 radical (unpaired) electrons. The highest BCUT2D eigenvalue weighted by atomic mass is 35.5. The molecule has 1 aliphatic carbocycles. The van der Waals surface area contributed by atoms with Crippen molar-refractivity contribution in [2.75, 3.05) is 0 Å². The predicted octanol–water partition coefficient (Wildman–Crippen LogP) is 5.77. The van der Waals surface area contributed by atoms with Gasteiger partial charge >= 0.3 is 0 Å². The van der Waals surface area contributed by atoms with E-state index in [-0.39, 0.29) is 16.9 Å². The molecule has 1 aromatic carbocycles. The minimum Gasteiger partial charge on any atom is -0.489 e. The molecule has 0 N–H and O–H groups in total. The number of alkyl halides is 1. The number of rotatable bonds is 6. The Balaban J connectivity index is 2.19. The first-order valence-corrected chi connectivity index (χ1v) is 8.42. The maximum absolute atomic E-state index is 6.48. The molecule has 0 spiro atoms. The second kappa shape index (κ2) is 6.39. The highest BCUT2D eigenvalue weighted by Crippen LogP contribution is 2.52. The van der Waals surface area contributed by atoms with Gasteiger partial charge in [0, 0.05) is 17.2 Å². The fourth-order valence-corrected chi connectivity index (χ4v) is 3.99. The normalized spacial score (nSPS) is 25.9. The molecule has 0 aliphatic heterocycles. The zero-order valence-electron chi connectivity index (χ0n) is 13.2. The van der Waals surface area contributed by atoms with E-state index in [4.69, 9.17) is 16.3 Å². The lowest BCUT2D eigenvalue weighted by Gasteiger charge is -2.52. The van der Waals surface area contributed by atoms with Crippen LogP contribution in [0.25, 0.3) is 0 Å². The van der Waals surface area contributed by atoms with Gasteiger partial charge in [0.25, 0.3) is 0 Å². The van der Waals surface area contributed by atoms with Crippen LogP contribution in [-0.4, -0.2) is 11.5 Å². The van der Waals surface area contributed by atoms with Gasteiger partial charge in [0.2, 0.25) is 0 Å². The first-order valence-electron chi connectivity index (χ1n) is 7.98. The van der Waals surface area contributed by atoms with Crippen molar-refractivity contribution >= 4 is 11.6 Å². The summed E-state index contributed by atoms with van der Waals surface area (Å²) in [5, 5.41) is 0.262. The summed E-state index contributed by atoms with van der Waals surface area (Å²) in [6, 6.07) is 8.48. The number of hydrogen-bond donors (Lipinski definition) is 0. The van der Waals surface area contributed by atoms with E-state index in [2.05, 4.69) is 52.0 Å². The van der Waals surface area contributed by atoms with Crippen LogP contribution in [0, 0.1) is 5.41 Å². The Morgan fingerprint density at radius 2 is 1.90 bits per heavy atom. The summed E-state index contributed by atoms with van der Waals surface area (Å²) in [5.41, 5.74) is 1.48. The fourth-order valence-electron chi connectivity index (χ4n) is 3.38. The van der Waals surface area contributed by atoms with Crippen LogP contribution in [0.4, 0.5) is 0 Å². The third-order valence-corrected chi connectivity index (χ3v) is 5.95. The molecule has 0 saturated heterocycles. The van der Waals surface area contributed by atoms with E-state index in [0.29, 0.717) is 5.92 Å². The second-order valence-corrected chi connectivity index (χ2v) is 6.62. The summed E-state index contributed by atoms with van der Waals surface area (Å²) in [6.07, 6.45) is 4.56. The van der Waals surface area contributed by atoms with Gasteiger partial charge in [-0.1, -0.05) is 45.9 Å². The van der Waals surface area contributed by atoms with Gasteiger partial charge in [-0.2, -0.15) is 0 Å². The highest BCUT2D eigenvalue weighted by molar-refractivity contribution is 6.21. The fraction of sp³-hybridized carbons (Fsp3) is 0.667. The monoisotopic (exact) mass is 294 g/mol. The number of ether oxygens (including phenoxy) is 1. The van der Waals surface area contributed by atoms with Crippen LogP contribution in [-0.2, 0) is 0 Å². The molecule has 3 atom stereocenters. The Labute approximate surface area is 128 Å². The lowest BCUT2D eigenvalue weighted by Crippen LogP contribution is -2.56. The number of hydrogen-bond acceptors (Lipinski definition) is 1. The number of para-hydroxylation sites is 1. The van der Waals surface area contributed by atoms with Gasteiger partial charge in [-0.05, 0) is 36.8 Å². The standard InChI is InChI=1S/C18H27ClO/c1-5-13(4)14-10-8-9-11-15(14)20-17-12-16(19)18(17,6-2)7-3/h8-11,13,16-17H,5-7,12H2,1-4H3. The van der Waals surface area contributed by atoms with Gasteiger partial charge in [-0.25, -0.2) is 0 Å². The molecular weight excluding hydrogens is 268 g/mol. The Morgan fingerprint density at radius 1 is 1.25 bits per heavy atom. The van der Waals surface area contributed by atoms with E-state index >= 15 is 0 Å². The predicted molar refractivity (Wildman–Crippen MR) is 86.8 cm³/mol. The lowest BCUT2D eigenvalue weighted by atomic mass is 9.62. The van der Waals surface area contributed by atoms with E-state index in [9.17, 15) is 0 Å². The molecule has 1 fully saturated rings. The molecule has 2 rings (SSSR count). The van der Waals surface area contributed by atoms with Crippen molar-refractivity contribution in [2.24, 2.45) is 5.41 Å². The van der Waals surface area contributed by atoms with Crippen LogP contribution in [0.1, 0.15) is 64.9 Å². The van der Waals surface area contributed by atoms with Crippen molar-refractivity contribution in [3.8, 4) is 5.75 Å². The Hall–Kier alpha value is -0.690. The van der Waals surface area contributed by atoms with E-state index in [0.717, 1.165) is 31.4 Å². The van der Waals surface area contributed by atoms with Crippen LogP contribution >= 0.6 is 11.6 Å².